The van der Waals surface area contributed by atoms with Gasteiger partial charge in [-0.05, 0) is 54.6 Å². The first-order valence-corrected chi connectivity index (χ1v) is 8.03. The summed E-state index contributed by atoms with van der Waals surface area (Å²) in [5.41, 5.74) is 0.586. The van der Waals surface area contributed by atoms with Gasteiger partial charge in [-0.1, -0.05) is 0 Å². The Hall–Kier alpha value is -3.94. The molecule has 28 heavy (non-hydrogen) atoms. The van der Waals surface area contributed by atoms with Gasteiger partial charge in [-0.2, -0.15) is 0 Å². The minimum atomic E-state index is -0.974. The largest absolute Gasteiger partial charge is 0.504 e. The van der Waals surface area contributed by atoms with Gasteiger partial charge in [0.25, 0.3) is 11.8 Å². The summed E-state index contributed by atoms with van der Waals surface area (Å²) in [6, 6.07) is 12.3. The summed E-state index contributed by atoms with van der Waals surface area (Å²) in [4.78, 5) is 24.2. The number of rotatable bonds is 4. The van der Waals surface area contributed by atoms with E-state index in [9.17, 15) is 28.6 Å². The lowest BCUT2D eigenvalue weighted by atomic mass is 10.1. The van der Waals surface area contributed by atoms with Crippen LogP contribution in [-0.4, -0.2) is 22.0 Å². The molecule has 0 saturated carbocycles. The van der Waals surface area contributed by atoms with Crippen LogP contribution >= 0.6 is 0 Å². The third-order valence-electron chi connectivity index (χ3n) is 3.81. The van der Waals surface area contributed by atoms with Gasteiger partial charge in [-0.15, -0.1) is 0 Å². The first kappa shape index (κ1) is 18.8. The predicted molar refractivity (Wildman–Crippen MR) is 98.5 cm³/mol. The Labute approximate surface area is 158 Å². The maximum absolute atomic E-state index is 13.6. The Kier molecular flexibility index (Phi) is 5.21. The van der Waals surface area contributed by atoms with Crippen molar-refractivity contribution in [3.05, 3.63) is 83.4 Å². The second kappa shape index (κ2) is 7.75. The fourth-order valence-corrected chi connectivity index (χ4v) is 2.38. The number of nitrogens with one attached hydrogen (secondary N) is 2. The molecule has 0 aromatic heterocycles. The zero-order chi connectivity index (χ0) is 20.3. The van der Waals surface area contributed by atoms with E-state index in [0.29, 0.717) is 17.4 Å². The average molecular weight is 384 g/mol. The Bertz CT molecular complexity index is 1050. The zero-order valence-corrected chi connectivity index (χ0v) is 14.2. The number of aromatic hydroxyl groups is 2. The van der Waals surface area contributed by atoms with Crippen molar-refractivity contribution in [2.45, 2.75) is 0 Å². The van der Waals surface area contributed by atoms with Crippen LogP contribution < -0.4 is 10.6 Å². The molecule has 0 unspecified atom stereocenters. The highest BCUT2D eigenvalue weighted by molar-refractivity contribution is 6.06. The van der Waals surface area contributed by atoms with Crippen molar-refractivity contribution >= 4 is 23.2 Å². The van der Waals surface area contributed by atoms with Gasteiger partial charge < -0.3 is 20.8 Å². The molecule has 4 N–H and O–H groups in total. The average Bonchev–Trinajstić information content (AvgIpc) is 2.65. The molecule has 3 aromatic carbocycles. The molecule has 3 rings (SSSR count). The van der Waals surface area contributed by atoms with Gasteiger partial charge in [0.1, 0.15) is 11.6 Å². The number of phenols is 2. The van der Waals surface area contributed by atoms with Crippen LogP contribution in [0.5, 0.6) is 11.5 Å². The number of carbonyl (C=O) groups excluding carboxylic acids is 2. The molecule has 0 bridgehead atoms. The number of carbonyl (C=O) groups is 2. The molecule has 6 nitrogen and oxygen atoms in total. The molecule has 0 heterocycles. The Morgan fingerprint density at radius 3 is 1.89 bits per heavy atom. The van der Waals surface area contributed by atoms with Crippen molar-refractivity contribution in [2.75, 3.05) is 10.6 Å². The first-order chi connectivity index (χ1) is 13.3. The normalized spacial score (nSPS) is 10.4. The number of benzene rings is 3. The van der Waals surface area contributed by atoms with Crippen molar-refractivity contribution in [3.8, 4) is 11.5 Å². The van der Waals surface area contributed by atoms with Crippen molar-refractivity contribution in [3.63, 3.8) is 0 Å². The third kappa shape index (κ3) is 4.24. The lowest BCUT2D eigenvalue weighted by Crippen LogP contribution is -2.14. The number of phenolic OH excluding ortho intramolecular Hbond substituents is 2. The van der Waals surface area contributed by atoms with Crippen LogP contribution in [0.4, 0.5) is 20.2 Å². The molecule has 8 heteroatoms. The highest BCUT2D eigenvalue weighted by atomic mass is 19.1. The highest BCUT2D eigenvalue weighted by Crippen LogP contribution is 2.25. The van der Waals surface area contributed by atoms with Gasteiger partial charge in [-0.3, -0.25) is 9.59 Å². The smallest absolute Gasteiger partial charge is 0.258 e. The van der Waals surface area contributed by atoms with Gasteiger partial charge in [0.2, 0.25) is 0 Å². The minimum Gasteiger partial charge on any atom is -0.504 e. The molecule has 0 spiro atoms. The van der Waals surface area contributed by atoms with E-state index in [1.807, 2.05) is 0 Å². The molecule has 142 valence electrons. The van der Waals surface area contributed by atoms with Crippen LogP contribution in [0.25, 0.3) is 0 Å². The SMILES string of the molecule is O=C(Nc1ccc(NC(=O)c2ccc(F)cc2F)cc1)c1ccc(O)c(O)c1. The number of hydrogen-bond acceptors (Lipinski definition) is 4. The maximum atomic E-state index is 13.6. The van der Waals surface area contributed by atoms with E-state index in [2.05, 4.69) is 10.6 Å². The third-order valence-corrected chi connectivity index (χ3v) is 3.81. The fourth-order valence-electron chi connectivity index (χ4n) is 2.38. The summed E-state index contributed by atoms with van der Waals surface area (Å²) in [7, 11) is 0. The summed E-state index contributed by atoms with van der Waals surface area (Å²) in [6.07, 6.45) is 0. The summed E-state index contributed by atoms with van der Waals surface area (Å²) in [5.74, 6) is -3.77. The van der Waals surface area contributed by atoms with Crippen LogP contribution in [0.3, 0.4) is 0 Å². The van der Waals surface area contributed by atoms with E-state index in [-0.39, 0.29) is 16.9 Å². The van der Waals surface area contributed by atoms with Crippen LogP contribution in [0.2, 0.25) is 0 Å². The molecule has 0 atom stereocenters. The maximum Gasteiger partial charge on any atom is 0.258 e. The lowest BCUT2D eigenvalue weighted by Gasteiger charge is -2.09. The molecule has 2 amide bonds. The second-order valence-corrected chi connectivity index (χ2v) is 5.81. The Morgan fingerprint density at radius 2 is 1.32 bits per heavy atom. The van der Waals surface area contributed by atoms with E-state index >= 15 is 0 Å². The van der Waals surface area contributed by atoms with Crippen LogP contribution in [0.1, 0.15) is 20.7 Å². The van der Waals surface area contributed by atoms with Gasteiger partial charge in [0.05, 0.1) is 5.56 Å². The molecule has 0 radical (unpaired) electrons. The number of hydrogen-bond donors (Lipinski definition) is 4. The molecular formula is C20H14F2N2O4. The Balaban J connectivity index is 1.66. The fraction of sp³-hybridized carbons (Fsp3) is 0. The quantitative estimate of drug-likeness (QED) is 0.513. The number of halogens is 2. The van der Waals surface area contributed by atoms with Crippen molar-refractivity contribution in [1.82, 2.24) is 0 Å². The van der Waals surface area contributed by atoms with Crippen LogP contribution in [0, 0.1) is 11.6 Å². The second-order valence-electron chi connectivity index (χ2n) is 5.81. The van der Waals surface area contributed by atoms with Gasteiger partial charge in [0, 0.05) is 23.0 Å². The van der Waals surface area contributed by atoms with Gasteiger partial charge in [-0.25, -0.2) is 8.78 Å². The number of anilines is 2. The summed E-state index contributed by atoms with van der Waals surface area (Å²) in [6.45, 7) is 0. The minimum absolute atomic E-state index is 0.138. The topological polar surface area (TPSA) is 98.7 Å². The molecular weight excluding hydrogens is 370 g/mol. The van der Waals surface area contributed by atoms with Gasteiger partial charge in [0.15, 0.2) is 11.5 Å². The van der Waals surface area contributed by atoms with Gasteiger partial charge >= 0.3 is 0 Å². The summed E-state index contributed by atoms with van der Waals surface area (Å²) >= 11 is 0. The van der Waals surface area contributed by atoms with Crippen molar-refractivity contribution in [1.29, 1.82) is 0 Å². The molecule has 0 aliphatic carbocycles. The summed E-state index contributed by atoms with van der Waals surface area (Å²) in [5, 5.41) is 23.8. The lowest BCUT2D eigenvalue weighted by molar-refractivity contribution is 0.101. The summed E-state index contributed by atoms with van der Waals surface area (Å²) < 4.78 is 26.6. The molecule has 0 aliphatic heterocycles. The van der Waals surface area contributed by atoms with Crippen LogP contribution in [0.15, 0.2) is 60.7 Å². The van der Waals surface area contributed by atoms with E-state index in [1.165, 1.54) is 36.4 Å². The van der Waals surface area contributed by atoms with E-state index in [4.69, 9.17) is 0 Å². The molecule has 0 saturated heterocycles. The number of amides is 2. The Morgan fingerprint density at radius 1 is 0.714 bits per heavy atom. The zero-order valence-electron chi connectivity index (χ0n) is 14.2. The van der Waals surface area contributed by atoms with Crippen LogP contribution in [-0.2, 0) is 0 Å². The molecule has 3 aromatic rings. The van der Waals surface area contributed by atoms with E-state index in [0.717, 1.165) is 18.2 Å². The van der Waals surface area contributed by atoms with Crippen molar-refractivity contribution in [2.24, 2.45) is 0 Å². The van der Waals surface area contributed by atoms with Crippen molar-refractivity contribution < 1.29 is 28.6 Å². The molecule has 0 aliphatic rings. The first-order valence-electron chi connectivity index (χ1n) is 8.03. The predicted octanol–water partition coefficient (Wildman–Crippen LogP) is 3.88. The monoisotopic (exact) mass is 384 g/mol. The van der Waals surface area contributed by atoms with E-state index in [1.54, 1.807) is 0 Å². The highest BCUT2D eigenvalue weighted by Gasteiger charge is 2.13. The standard InChI is InChI=1S/C20H14F2N2O4/c21-12-2-7-15(16(22)10-12)20(28)24-14-5-3-13(4-6-14)23-19(27)11-1-8-17(25)18(26)9-11/h1-10,25-26H,(H,23,27)(H,24,28). The molecule has 0 fully saturated rings. The van der Waals surface area contributed by atoms with E-state index < -0.39 is 29.2 Å².